The number of rotatable bonds is 10. The molecule has 1 atom stereocenters. The van der Waals surface area contributed by atoms with E-state index in [4.69, 9.17) is 0 Å². The van der Waals surface area contributed by atoms with Gasteiger partial charge in [0.15, 0.2) is 0 Å². The van der Waals surface area contributed by atoms with E-state index in [9.17, 15) is 9.59 Å². The highest BCUT2D eigenvalue weighted by Gasteiger charge is 2.31. The number of carbonyl (C=O) groups excluding carboxylic acids is 2. The molecular weight excluding hydrogens is 512 g/mol. The van der Waals surface area contributed by atoms with Crippen LogP contribution in [-0.4, -0.2) is 28.8 Å². The Morgan fingerprint density at radius 1 is 0.806 bits per heavy atom. The number of hydrogen-bond donors (Lipinski definition) is 1. The van der Waals surface area contributed by atoms with Gasteiger partial charge in [0.1, 0.15) is 6.04 Å². The van der Waals surface area contributed by atoms with Gasteiger partial charge in [-0.25, -0.2) is 0 Å². The van der Waals surface area contributed by atoms with Crippen molar-refractivity contribution in [3.63, 3.8) is 0 Å². The molecule has 0 aromatic heterocycles. The molecule has 0 spiro atoms. The summed E-state index contributed by atoms with van der Waals surface area (Å²) in [4.78, 5) is 29.3. The van der Waals surface area contributed by atoms with Crippen molar-refractivity contribution in [3.8, 4) is 0 Å². The van der Waals surface area contributed by atoms with Crippen molar-refractivity contribution in [2.24, 2.45) is 0 Å². The quantitative estimate of drug-likeness (QED) is 0.316. The summed E-state index contributed by atoms with van der Waals surface area (Å²) < 4.78 is 0.990. The molecule has 1 unspecified atom stereocenters. The van der Waals surface area contributed by atoms with Crippen molar-refractivity contribution in [1.82, 2.24) is 10.2 Å². The van der Waals surface area contributed by atoms with Gasteiger partial charge in [-0.3, -0.25) is 9.59 Å². The molecule has 4 nitrogen and oxygen atoms in total. The summed E-state index contributed by atoms with van der Waals surface area (Å²) in [5, 5.41) is 3.30. The Labute approximate surface area is 223 Å². The van der Waals surface area contributed by atoms with Crippen molar-refractivity contribution in [2.45, 2.75) is 70.0 Å². The SMILES string of the molecule is O=C(NC1CCCCC1)C(Cc1ccccc1)N(Cc1ccc(Br)cc1)C(=O)CCc1ccccc1. The predicted molar refractivity (Wildman–Crippen MR) is 148 cm³/mol. The number of amides is 2. The number of carbonyl (C=O) groups is 2. The van der Waals surface area contributed by atoms with E-state index in [1.807, 2.05) is 84.9 Å². The summed E-state index contributed by atoms with van der Waals surface area (Å²) in [6.07, 6.45) is 7.05. The molecular formula is C31H35BrN2O2. The molecule has 0 radical (unpaired) electrons. The number of benzene rings is 3. The maximum atomic E-state index is 13.8. The van der Waals surface area contributed by atoms with E-state index in [1.54, 1.807) is 4.90 Å². The second-order valence-electron chi connectivity index (χ2n) is 9.68. The first-order valence-electron chi connectivity index (χ1n) is 13.0. The lowest BCUT2D eigenvalue weighted by molar-refractivity contribution is -0.141. The molecule has 0 heterocycles. The Balaban J connectivity index is 1.60. The molecule has 3 aromatic rings. The molecule has 4 rings (SSSR count). The van der Waals surface area contributed by atoms with Gasteiger partial charge in [0, 0.05) is 29.9 Å². The molecule has 1 aliphatic carbocycles. The second-order valence-corrected chi connectivity index (χ2v) is 10.6. The maximum Gasteiger partial charge on any atom is 0.243 e. The first-order valence-corrected chi connectivity index (χ1v) is 13.8. The fourth-order valence-electron chi connectivity index (χ4n) is 4.92. The standard InChI is InChI=1S/C31H35BrN2O2/c32-27-19-16-26(17-20-27)23-34(30(35)21-18-24-10-4-1-5-11-24)29(22-25-12-6-2-7-13-25)31(36)33-28-14-8-3-9-15-28/h1-2,4-7,10-13,16-17,19-20,28-29H,3,8-9,14-15,18,21-23H2,(H,33,36). The number of halogens is 1. The lowest BCUT2D eigenvalue weighted by atomic mass is 9.94. The van der Waals surface area contributed by atoms with E-state index in [2.05, 4.69) is 21.2 Å². The number of hydrogen-bond acceptors (Lipinski definition) is 2. The third-order valence-corrected chi connectivity index (χ3v) is 7.49. The monoisotopic (exact) mass is 546 g/mol. The topological polar surface area (TPSA) is 49.4 Å². The van der Waals surface area contributed by atoms with Crippen LogP contribution in [0.15, 0.2) is 89.4 Å². The minimum absolute atomic E-state index is 0.00139. The minimum Gasteiger partial charge on any atom is -0.352 e. The molecule has 1 saturated carbocycles. The van der Waals surface area contributed by atoms with E-state index in [0.29, 0.717) is 25.8 Å². The highest BCUT2D eigenvalue weighted by molar-refractivity contribution is 9.10. The smallest absolute Gasteiger partial charge is 0.243 e. The van der Waals surface area contributed by atoms with Crippen LogP contribution >= 0.6 is 15.9 Å². The zero-order valence-corrected chi connectivity index (χ0v) is 22.3. The summed E-state index contributed by atoms with van der Waals surface area (Å²) >= 11 is 3.50. The lowest BCUT2D eigenvalue weighted by Gasteiger charge is -2.33. The van der Waals surface area contributed by atoms with Gasteiger partial charge in [-0.2, -0.15) is 0 Å². The molecule has 1 aliphatic rings. The Morgan fingerprint density at radius 2 is 1.42 bits per heavy atom. The van der Waals surface area contributed by atoms with Gasteiger partial charge in [-0.1, -0.05) is 108 Å². The van der Waals surface area contributed by atoms with Crippen molar-refractivity contribution in [1.29, 1.82) is 0 Å². The number of nitrogens with one attached hydrogen (secondary N) is 1. The second kappa shape index (κ2) is 13.4. The van der Waals surface area contributed by atoms with Crippen molar-refractivity contribution in [3.05, 3.63) is 106 Å². The average molecular weight is 548 g/mol. The number of aryl methyl sites for hydroxylation is 1. The molecule has 5 heteroatoms. The third kappa shape index (κ3) is 7.79. The molecule has 1 N–H and O–H groups in total. The van der Waals surface area contributed by atoms with Crippen LogP contribution in [0.5, 0.6) is 0 Å². The number of nitrogens with zero attached hydrogens (tertiary/aromatic N) is 1. The first kappa shape index (κ1) is 26.2. The largest absolute Gasteiger partial charge is 0.352 e. The van der Waals surface area contributed by atoms with Crippen molar-refractivity contribution in [2.75, 3.05) is 0 Å². The van der Waals surface area contributed by atoms with E-state index < -0.39 is 6.04 Å². The summed E-state index contributed by atoms with van der Waals surface area (Å²) in [5.41, 5.74) is 3.19. The minimum atomic E-state index is -0.568. The highest BCUT2D eigenvalue weighted by atomic mass is 79.9. The molecule has 36 heavy (non-hydrogen) atoms. The van der Waals surface area contributed by atoms with E-state index in [0.717, 1.165) is 46.8 Å². The van der Waals surface area contributed by atoms with Gasteiger partial charge >= 0.3 is 0 Å². The Bertz CT molecular complexity index is 1100. The molecule has 1 fully saturated rings. The van der Waals surface area contributed by atoms with Gasteiger partial charge in [0.05, 0.1) is 0 Å². The van der Waals surface area contributed by atoms with E-state index in [1.165, 1.54) is 6.42 Å². The van der Waals surface area contributed by atoms with Crippen LogP contribution in [0, 0.1) is 0 Å². The molecule has 188 valence electrons. The fourth-order valence-corrected chi connectivity index (χ4v) is 5.19. The van der Waals surface area contributed by atoms with Gasteiger partial charge in [-0.15, -0.1) is 0 Å². The molecule has 0 saturated heterocycles. The van der Waals surface area contributed by atoms with Crippen LogP contribution in [0.3, 0.4) is 0 Å². The lowest BCUT2D eigenvalue weighted by Crippen LogP contribution is -2.52. The van der Waals surface area contributed by atoms with Gasteiger partial charge in [0.25, 0.3) is 0 Å². The van der Waals surface area contributed by atoms with Gasteiger partial charge in [0.2, 0.25) is 11.8 Å². The third-order valence-electron chi connectivity index (χ3n) is 6.96. The summed E-state index contributed by atoms with van der Waals surface area (Å²) in [6.45, 7) is 0.399. The van der Waals surface area contributed by atoms with Gasteiger partial charge < -0.3 is 10.2 Å². The average Bonchev–Trinajstić information content (AvgIpc) is 2.92. The molecule has 0 aliphatic heterocycles. The Morgan fingerprint density at radius 3 is 2.06 bits per heavy atom. The summed E-state index contributed by atoms with van der Waals surface area (Å²) in [7, 11) is 0. The van der Waals surface area contributed by atoms with Crippen LogP contribution < -0.4 is 5.32 Å². The Kier molecular flexibility index (Phi) is 9.74. The van der Waals surface area contributed by atoms with E-state index >= 15 is 0 Å². The van der Waals surface area contributed by atoms with Crippen LogP contribution in [0.1, 0.15) is 55.2 Å². The normalized spacial score (nSPS) is 14.7. The van der Waals surface area contributed by atoms with Crippen molar-refractivity contribution < 1.29 is 9.59 Å². The van der Waals surface area contributed by atoms with Crippen LogP contribution in [0.4, 0.5) is 0 Å². The molecule has 3 aromatic carbocycles. The summed E-state index contributed by atoms with van der Waals surface area (Å²) in [5.74, 6) is -0.0441. The Hall–Kier alpha value is -2.92. The van der Waals surface area contributed by atoms with Crippen LogP contribution in [0.2, 0.25) is 0 Å². The maximum absolute atomic E-state index is 13.8. The fraction of sp³-hybridized carbons (Fsp3) is 0.355. The first-order chi connectivity index (χ1) is 17.6. The van der Waals surface area contributed by atoms with Gasteiger partial charge in [-0.05, 0) is 48.1 Å². The van der Waals surface area contributed by atoms with E-state index in [-0.39, 0.29) is 17.9 Å². The molecule has 0 bridgehead atoms. The molecule has 2 amide bonds. The zero-order chi connectivity index (χ0) is 25.2. The van der Waals surface area contributed by atoms with Crippen LogP contribution in [0.25, 0.3) is 0 Å². The van der Waals surface area contributed by atoms with Crippen LogP contribution in [-0.2, 0) is 29.0 Å². The van der Waals surface area contributed by atoms with Crippen molar-refractivity contribution >= 4 is 27.7 Å². The highest BCUT2D eigenvalue weighted by Crippen LogP contribution is 2.21. The predicted octanol–water partition coefficient (Wildman–Crippen LogP) is 6.47. The summed E-state index contributed by atoms with van der Waals surface area (Å²) in [6, 6.07) is 27.7. The zero-order valence-electron chi connectivity index (χ0n) is 20.7.